The summed E-state index contributed by atoms with van der Waals surface area (Å²) in [6, 6.07) is 6.92. The number of benzene rings is 1. The Kier molecular flexibility index (Phi) is 3.08. The molecule has 0 aliphatic heterocycles. The Labute approximate surface area is 74.9 Å². The molecule has 1 rings (SSSR count). The number of halogens is 1. The molecule has 1 aromatic rings. The largest absolute Gasteiger partial charge is 0.289 e. The van der Waals surface area contributed by atoms with E-state index in [2.05, 4.69) is 0 Å². The van der Waals surface area contributed by atoms with Crippen LogP contribution in [0.15, 0.2) is 24.3 Å². The third-order valence-corrected chi connectivity index (χ3v) is 1.61. The molecule has 1 aromatic carbocycles. The van der Waals surface area contributed by atoms with Crippen molar-refractivity contribution < 1.29 is 10.0 Å². The van der Waals surface area contributed by atoms with Gasteiger partial charge in [0.15, 0.2) is 0 Å². The van der Waals surface area contributed by atoms with Crippen LogP contribution in [0.5, 0.6) is 0 Å². The quantitative estimate of drug-likeness (QED) is 0.541. The summed E-state index contributed by atoms with van der Waals surface area (Å²) in [4.78, 5) is 10.7. The number of hydrogen-bond donors (Lipinski definition) is 2. The first-order valence-corrected chi connectivity index (χ1v) is 3.77. The summed E-state index contributed by atoms with van der Waals surface area (Å²) in [5.41, 5.74) is 2.32. The SMILES string of the molecule is O=C(Cc1cccc(Cl)c1)NO. The van der Waals surface area contributed by atoms with Gasteiger partial charge in [-0.25, -0.2) is 5.48 Å². The van der Waals surface area contributed by atoms with Crippen LogP contribution in [-0.4, -0.2) is 11.1 Å². The minimum atomic E-state index is -0.447. The summed E-state index contributed by atoms with van der Waals surface area (Å²) in [5.74, 6) is -0.447. The summed E-state index contributed by atoms with van der Waals surface area (Å²) in [6.45, 7) is 0. The molecule has 0 saturated carbocycles. The highest BCUT2D eigenvalue weighted by Crippen LogP contribution is 2.10. The molecule has 0 radical (unpaired) electrons. The van der Waals surface area contributed by atoms with Gasteiger partial charge >= 0.3 is 0 Å². The van der Waals surface area contributed by atoms with Gasteiger partial charge in [-0.2, -0.15) is 0 Å². The molecule has 0 atom stereocenters. The second-order valence-electron chi connectivity index (χ2n) is 2.34. The first kappa shape index (κ1) is 9.03. The first-order valence-electron chi connectivity index (χ1n) is 3.40. The van der Waals surface area contributed by atoms with Gasteiger partial charge in [0.05, 0.1) is 6.42 Å². The van der Waals surface area contributed by atoms with Crippen molar-refractivity contribution in [2.75, 3.05) is 0 Å². The van der Waals surface area contributed by atoms with Crippen LogP contribution in [0.3, 0.4) is 0 Å². The molecule has 0 fully saturated rings. The van der Waals surface area contributed by atoms with Crippen LogP contribution in [0.1, 0.15) is 5.56 Å². The molecule has 0 aromatic heterocycles. The van der Waals surface area contributed by atoms with Gasteiger partial charge in [0.25, 0.3) is 0 Å². The Morgan fingerprint density at radius 3 is 2.92 bits per heavy atom. The third-order valence-electron chi connectivity index (χ3n) is 1.38. The second kappa shape index (κ2) is 4.09. The van der Waals surface area contributed by atoms with Crippen molar-refractivity contribution in [2.45, 2.75) is 6.42 Å². The number of carbonyl (C=O) groups is 1. The van der Waals surface area contributed by atoms with E-state index in [1.54, 1.807) is 29.7 Å². The minimum absolute atomic E-state index is 0.136. The molecule has 0 aliphatic carbocycles. The fourth-order valence-corrected chi connectivity index (χ4v) is 1.08. The molecule has 0 aliphatic rings. The molecule has 64 valence electrons. The average Bonchev–Trinajstić information content (AvgIpc) is 2.04. The molecule has 0 spiro atoms. The molecule has 1 amide bonds. The summed E-state index contributed by atoms with van der Waals surface area (Å²) in [6.07, 6.45) is 0.136. The van der Waals surface area contributed by atoms with E-state index >= 15 is 0 Å². The summed E-state index contributed by atoms with van der Waals surface area (Å²) in [5, 5.41) is 8.81. The normalized spacial score (nSPS) is 9.50. The zero-order valence-electron chi connectivity index (χ0n) is 6.25. The highest BCUT2D eigenvalue weighted by atomic mass is 35.5. The summed E-state index contributed by atoms with van der Waals surface area (Å²) < 4.78 is 0. The van der Waals surface area contributed by atoms with Crippen molar-refractivity contribution in [1.82, 2.24) is 5.48 Å². The van der Waals surface area contributed by atoms with Gasteiger partial charge in [0, 0.05) is 5.02 Å². The lowest BCUT2D eigenvalue weighted by molar-refractivity contribution is -0.128. The molecule has 2 N–H and O–H groups in total. The number of amides is 1. The van der Waals surface area contributed by atoms with Crippen LogP contribution < -0.4 is 5.48 Å². The van der Waals surface area contributed by atoms with Crippen molar-refractivity contribution in [3.05, 3.63) is 34.9 Å². The average molecular weight is 186 g/mol. The van der Waals surface area contributed by atoms with Crippen molar-refractivity contribution in [3.63, 3.8) is 0 Å². The summed E-state index contributed by atoms with van der Waals surface area (Å²) >= 11 is 5.68. The Balaban J connectivity index is 2.69. The van der Waals surface area contributed by atoms with Gasteiger partial charge in [0.2, 0.25) is 5.91 Å². The maximum absolute atomic E-state index is 10.7. The van der Waals surface area contributed by atoms with E-state index in [0.717, 1.165) is 5.56 Å². The van der Waals surface area contributed by atoms with Crippen LogP contribution in [-0.2, 0) is 11.2 Å². The lowest BCUT2D eigenvalue weighted by atomic mass is 10.1. The first-order chi connectivity index (χ1) is 5.72. The molecule has 12 heavy (non-hydrogen) atoms. The van der Waals surface area contributed by atoms with Crippen molar-refractivity contribution in [3.8, 4) is 0 Å². The number of carbonyl (C=O) groups excluding carboxylic acids is 1. The monoisotopic (exact) mass is 185 g/mol. The van der Waals surface area contributed by atoms with E-state index < -0.39 is 5.91 Å². The predicted octanol–water partition coefficient (Wildman–Crippen LogP) is 1.39. The molecule has 0 heterocycles. The van der Waals surface area contributed by atoms with Crippen LogP contribution >= 0.6 is 11.6 Å². The maximum Gasteiger partial charge on any atom is 0.247 e. The molecule has 3 nitrogen and oxygen atoms in total. The number of hydrogen-bond acceptors (Lipinski definition) is 2. The Hall–Kier alpha value is -1.06. The van der Waals surface area contributed by atoms with E-state index in [9.17, 15) is 4.79 Å². The van der Waals surface area contributed by atoms with E-state index in [0.29, 0.717) is 5.02 Å². The highest BCUT2D eigenvalue weighted by molar-refractivity contribution is 6.30. The van der Waals surface area contributed by atoms with E-state index in [1.165, 1.54) is 0 Å². The fourth-order valence-electron chi connectivity index (χ4n) is 0.872. The number of rotatable bonds is 2. The van der Waals surface area contributed by atoms with Gasteiger partial charge in [-0.1, -0.05) is 23.7 Å². The molecule has 0 unspecified atom stereocenters. The van der Waals surface area contributed by atoms with Gasteiger partial charge in [-0.15, -0.1) is 0 Å². The van der Waals surface area contributed by atoms with Crippen molar-refractivity contribution in [1.29, 1.82) is 0 Å². The zero-order valence-corrected chi connectivity index (χ0v) is 7.01. The predicted molar refractivity (Wildman–Crippen MR) is 45.1 cm³/mol. The van der Waals surface area contributed by atoms with Crippen molar-refractivity contribution >= 4 is 17.5 Å². The Morgan fingerprint density at radius 1 is 1.58 bits per heavy atom. The van der Waals surface area contributed by atoms with Crippen molar-refractivity contribution in [2.24, 2.45) is 0 Å². The van der Waals surface area contributed by atoms with E-state index in [-0.39, 0.29) is 6.42 Å². The molecule has 0 saturated heterocycles. The van der Waals surface area contributed by atoms with Crippen LogP contribution in [0.2, 0.25) is 5.02 Å². The van der Waals surface area contributed by atoms with Crippen LogP contribution in [0.25, 0.3) is 0 Å². The van der Waals surface area contributed by atoms with Gasteiger partial charge < -0.3 is 0 Å². The Morgan fingerprint density at radius 2 is 2.33 bits per heavy atom. The fraction of sp³-hybridized carbons (Fsp3) is 0.125. The number of hydroxylamine groups is 1. The van der Waals surface area contributed by atoms with Crippen LogP contribution in [0, 0.1) is 0 Å². The standard InChI is InChI=1S/C8H8ClNO2/c9-7-3-1-2-6(4-7)5-8(11)10-12/h1-4,12H,5H2,(H,10,11). The topological polar surface area (TPSA) is 49.3 Å². The Bertz CT molecular complexity index is 288. The van der Waals surface area contributed by atoms with E-state index in [4.69, 9.17) is 16.8 Å². The summed E-state index contributed by atoms with van der Waals surface area (Å²) in [7, 11) is 0. The molecular weight excluding hydrogens is 178 g/mol. The van der Waals surface area contributed by atoms with Gasteiger partial charge in [-0.3, -0.25) is 10.0 Å². The minimum Gasteiger partial charge on any atom is -0.289 e. The zero-order chi connectivity index (χ0) is 8.97. The van der Waals surface area contributed by atoms with Crippen LogP contribution in [0.4, 0.5) is 0 Å². The number of nitrogens with one attached hydrogen (secondary N) is 1. The second-order valence-corrected chi connectivity index (χ2v) is 2.78. The molecule has 4 heteroatoms. The lowest BCUT2D eigenvalue weighted by Crippen LogP contribution is -2.20. The molecular formula is C8H8ClNO2. The highest BCUT2D eigenvalue weighted by Gasteiger charge is 2.00. The maximum atomic E-state index is 10.7. The van der Waals surface area contributed by atoms with Gasteiger partial charge in [0.1, 0.15) is 0 Å². The lowest BCUT2D eigenvalue weighted by Gasteiger charge is -1.99. The third kappa shape index (κ3) is 2.53. The van der Waals surface area contributed by atoms with E-state index in [1.807, 2.05) is 0 Å². The smallest absolute Gasteiger partial charge is 0.247 e. The van der Waals surface area contributed by atoms with Gasteiger partial charge in [-0.05, 0) is 17.7 Å². The molecule has 0 bridgehead atoms.